The van der Waals surface area contributed by atoms with Crippen LogP contribution in [0.5, 0.6) is 11.5 Å². The number of rotatable bonds is 7. The van der Waals surface area contributed by atoms with Crippen LogP contribution in [0.15, 0.2) is 42.5 Å². The summed E-state index contributed by atoms with van der Waals surface area (Å²) in [6.07, 6.45) is 2.65. The number of hydrogen-bond acceptors (Lipinski definition) is 7. The van der Waals surface area contributed by atoms with Crippen LogP contribution in [0, 0.1) is 0 Å². The van der Waals surface area contributed by atoms with E-state index < -0.39 is 0 Å². The van der Waals surface area contributed by atoms with Crippen molar-refractivity contribution in [1.82, 2.24) is 9.80 Å². The van der Waals surface area contributed by atoms with Crippen LogP contribution in [-0.2, 0) is 9.53 Å². The van der Waals surface area contributed by atoms with Crippen molar-refractivity contribution in [2.75, 3.05) is 63.3 Å². The van der Waals surface area contributed by atoms with E-state index in [2.05, 4.69) is 20.4 Å². The normalized spacial score (nSPS) is 20.3. The number of nitrogens with one attached hydrogen (secondary N) is 2. The van der Waals surface area contributed by atoms with Crippen molar-refractivity contribution < 1.29 is 23.8 Å². The molecule has 1 atom stereocenters. The van der Waals surface area contributed by atoms with Crippen LogP contribution in [-0.4, -0.2) is 80.4 Å². The Labute approximate surface area is 198 Å². The van der Waals surface area contributed by atoms with Crippen LogP contribution in [0.25, 0.3) is 0 Å². The molecule has 180 valence electrons. The van der Waals surface area contributed by atoms with Gasteiger partial charge in [-0.3, -0.25) is 19.4 Å². The monoisotopic (exact) mass is 466 g/mol. The molecule has 2 aromatic rings. The van der Waals surface area contributed by atoms with Crippen molar-refractivity contribution in [3.8, 4) is 11.5 Å². The second-order valence-corrected chi connectivity index (χ2v) is 8.83. The minimum atomic E-state index is -0.308. The summed E-state index contributed by atoms with van der Waals surface area (Å²) in [6, 6.07) is 12.2. The number of benzene rings is 2. The molecular weight excluding hydrogens is 436 g/mol. The molecular formula is C25H30N4O5. The number of para-hydroxylation sites is 1. The summed E-state index contributed by atoms with van der Waals surface area (Å²) in [7, 11) is 0. The molecule has 0 aromatic heterocycles. The highest BCUT2D eigenvalue weighted by Gasteiger charge is 2.24. The van der Waals surface area contributed by atoms with Crippen molar-refractivity contribution >= 4 is 23.2 Å². The van der Waals surface area contributed by atoms with Crippen LogP contribution >= 0.6 is 0 Å². The maximum atomic E-state index is 12.9. The first-order valence-electron chi connectivity index (χ1n) is 11.8. The lowest BCUT2D eigenvalue weighted by Gasteiger charge is -2.35. The predicted octanol–water partition coefficient (Wildman–Crippen LogP) is 2.40. The van der Waals surface area contributed by atoms with Crippen molar-refractivity contribution in [3.63, 3.8) is 0 Å². The molecule has 3 aliphatic rings. The quantitative estimate of drug-likeness (QED) is 0.647. The summed E-state index contributed by atoms with van der Waals surface area (Å²) < 4.78 is 16.4. The number of ether oxygens (including phenoxy) is 3. The molecule has 3 heterocycles. The van der Waals surface area contributed by atoms with Crippen LogP contribution < -0.4 is 20.1 Å². The number of amides is 2. The summed E-state index contributed by atoms with van der Waals surface area (Å²) in [4.78, 5) is 30.2. The fourth-order valence-corrected chi connectivity index (χ4v) is 4.56. The van der Waals surface area contributed by atoms with E-state index in [0.717, 1.165) is 52.2 Å². The van der Waals surface area contributed by atoms with Gasteiger partial charge in [0.05, 0.1) is 23.9 Å². The van der Waals surface area contributed by atoms with Crippen LogP contribution in [0.1, 0.15) is 23.2 Å². The molecule has 0 aliphatic carbocycles. The molecule has 0 bridgehead atoms. The van der Waals surface area contributed by atoms with Gasteiger partial charge in [0.2, 0.25) is 12.7 Å². The molecule has 2 amide bonds. The number of nitrogens with zero attached hydrogens (tertiary/aromatic N) is 2. The Kier molecular flexibility index (Phi) is 6.94. The zero-order valence-electron chi connectivity index (χ0n) is 19.1. The third-order valence-corrected chi connectivity index (χ3v) is 6.39. The van der Waals surface area contributed by atoms with Gasteiger partial charge in [-0.25, -0.2) is 0 Å². The minimum absolute atomic E-state index is 0.129. The van der Waals surface area contributed by atoms with E-state index in [0.29, 0.717) is 41.1 Å². The number of carbonyl (C=O) groups is 2. The standard InChI is InChI=1S/C25H30N4O5/c30-24(16-29-11-9-28(10-12-29)15-19-4-3-13-32-19)27-21-6-2-1-5-20(21)25(31)26-18-7-8-22-23(14-18)34-17-33-22/h1-2,5-8,14,19H,3-4,9-13,15-17H2,(H,26,31)(H,27,30)/t19-/m1/s1. The molecule has 3 aliphatic heterocycles. The maximum Gasteiger partial charge on any atom is 0.257 e. The van der Waals surface area contributed by atoms with Crippen LogP contribution in [0.2, 0.25) is 0 Å². The number of hydrogen-bond donors (Lipinski definition) is 2. The summed E-state index contributed by atoms with van der Waals surface area (Å²) in [6.45, 7) is 5.87. The van der Waals surface area contributed by atoms with Gasteiger partial charge in [0.1, 0.15) is 0 Å². The molecule has 9 nitrogen and oxygen atoms in total. The van der Waals surface area contributed by atoms with Crippen LogP contribution in [0.3, 0.4) is 0 Å². The SMILES string of the molecule is O=C(CN1CCN(C[C@H]2CCCO2)CC1)Nc1ccccc1C(=O)Nc1ccc2c(c1)OCO2. The van der Waals surface area contributed by atoms with Crippen LogP contribution in [0.4, 0.5) is 11.4 Å². The highest BCUT2D eigenvalue weighted by Crippen LogP contribution is 2.34. The Morgan fingerprint density at radius 1 is 0.941 bits per heavy atom. The lowest BCUT2D eigenvalue weighted by Crippen LogP contribution is -2.50. The van der Waals surface area contributed by atoms with Gasteiger partial charge in [-0.05, 0) is 37.1 Å². The first-order chi connectivity index (χ1) is 16.6. The van der Waals surface area contributed by atoms with E-state index in [-0.39, 0.29) is 18.6 Å². The fraction of sp³-hybridized carbons (Fsp3) is 0.440. The van der Waals surface area contributed by atoms with E-state index in [9.17, 15) is 9.59 Å². The molecule has 2 aromatic carbocycles. The molecule has 2 N–H and O–H groups in total. The van der Waals surface area contributed by atoms with Gasteiger partial charge in [0, 0.05) is 51.1 Å². The average molecular weight is 467 g/mol. The minimum Gasteiger partial charge on any atom is -0.454 e. The molecule has 2 saturated heterocycles. The number of fused-ring (bicyclic) bond motifs is 1. The molecule has 0 unspecified atom stereocenters. The van der Waals surface area contributed by atoms with Gasteiger partial charge in [0.25, 0.3) is 5.91 Å². The highest BCUT2D eigenvalue weighted by atomic mass is 16.7. The maximum absolute atomic E-state index is 12.9. The fourth-order valence-electron chi connectivity index (χ4n) is 4.56. The summed E-state index contributed by atoms with van der Waals surface area (Å²) >= 11 is 0. The zero-order chi connectivity index (χ0) is 23.3. The van der Waals surface area contributed by atoms with Crippen molar-refractivity contribution in [1.29, 1.82) is 0 Å². The van der Waals surface area contributed by atoms with E-state index in [4.69, 9.17) is 14.2 Å². The Morgan fingerprint density at radius 2 is 1.74 bits per heavy atom. The molecule has 5 rings (SSSR count). The van der Waals surface area contributed by atoms with Gasteiger partial charge in [-0.1, -0.05) is 12.1 Å². The second-order valence-electron chi connectivity index (χ2n) is 8.83. The van der Waals surface area contributed by atoms with Gasteiger partial charge >= 0.3 is 0 Å². The predicted molar refractivity (Wildman–Crippen MR) is 127 cm³/mol. The first kappa shape index (κ1) is 22.6. The number of anilines is 2. The topological polar surface area (TPSA) is 92.4 Å². The molecule has 0 spiro atoms. The third-order valence-electron chi connectivity index (χ3n) is 6.39. The molecule has 0 saturated carbocycles. The summed E-state index contributed by atoms with van der Waals surface area (Å²) in [5.74, 6) is 0.807. The molecule has 2 fully saturated rings. The number of carbonyl (C=O) groups excluding carboxylic acids is 2. The average Bonchev–Trinajstić information content (AvgIpc) is 3.52. The second kappa shape index (κ2) is 10.4. The largest absolute Gasteiger partial charge is 0.454 e. The Hall–Kier alpha value is -3.14. The summed E-state index contributed by atoms with van der Waals surface area (Å²) in [5.41, 5.74) is 1.48. The van der Waals surface area contributed by atoms with Crippen molar-refractivity contribution in [2.45, 2.75) is 18.9 Å². The first-order valence-corrected chi connectivity index (χ1v) is 11.8. The van der Waals surface area contributed by atoms with E-state index >= 15 is 0 Å². The van der Waals surface area contributed by atoms with Gasteiger partial charge in [-0.15, -0.1) is 0 Å². The summed E-state index contributed by atoms with van der Waals surface area (Å²) in [5, 5.41) is 5.78. The Balaban J connectivity index is 1.14. The lowest BCUT2D eigenvalue weighted by atomic mass is 10.1. The third kappa shape index (κ3) is 5.49. The Bertz CT molecular complexity index is 1030. The Morgan fingerprint density at radius 3 is 2.56 bits per heavy atom. The number of piperazine rings is 1. The van der Waals surface area contributed by atoms with Crippen molar-refractivity contribution in [3.05, 3.63) is 48.0 Å². The van der Waals surface area contributed by atoms with E-state index in [1.807, 2.05) is 0 Å². The smallest absolute Gasteiger partial charge is 0.257 e. The van der Waals surface area contributed by atoms with Gasteiger partial charge < -0.3 is 24.8 Å². The van der Waals surface area contributed by atoms with E-state index in [1.54, 1.807) is 42.5 Å². The van der Waals surface area contributed by atoms with Gasteiger partial charge in [-0.2, -0.15) is 0 Å². The van der Waals surface area contributed by atoms with Crippen molar-refractivity contribution in [2.24, 2.45) is 0 Å². The molecule has 0 radical (unpaired) electrons. The molecule has 34 heavy (non-hydrogen) atoms. The molecule has 9 heteroatoms. The van der Waals surface area contributed by atoms with E-state index in [1.165, 1.54) is 0 Å². The highest BCUT2D eigenvalue weighted by molar-refractivity contribution is 6.10. The zero-order valence-corrected chi connectivity index (χ0v) is 19.1. The lowest BCUT2D eigenvalue weighted by molar-refractivity contribution is -0.117. The van der Waals surface area contributed by atoms with Gasteiger partial charge in [0.15, 0.2) is 11.5 Å².